The zero-order valence-corrected chi connectivity index (χ0v) is 11.8. The molecule has 2 rings (SSSR count). The van der Waals surface area contributed by atoms with Gasteiger partial charge in [0, 0.05) is 37.1 Å². The van der Waals surface area contributed by atoms with Crippen molar-refractivity contribution in [3.63, 3.8) is 0 Å². The Bertz CT molecular complexity index is 434. The number of fused-ring (bicyclic) bond motifs is 1. The van der Waals surface area contributed by atoms with Crippen LogP contribution in [0.2, 0.25) is 0 Å². The van der Waals surface area contributed by atoms with E-state index in [0.717, 1.165) is 42.9 Å². The van der Waals surface area contributed by atoms with Crippen molar-refractivity contribution in [1.82, 2.24) is 4.90 Å². The summed E-state index contributed by atoms with van der Waals surface area (Å²) in [7, 11) is 1.88. The number of carbonyl (C=O) groups excluding carboxylic acids is 1. The Morgan fingerprint density at radius 1 is 1.50 bits per heavy atom. The van der Waals surface area contributed by atoms with Crippen LogP contribution in [0, 0.1) is 0 Å². The number of thioether (sulfide) groups is 1. The molecule has 1 heterocycles. The third-order valence-electron chi connectivity index (χ3n) is 3.30. The standard InChI is InChI=1S/C14H20N2OS/c1-16(9-10-18-2)14(17)12-5-3-7-13-11(12)6-4-8-15-13/h3,5,7,15H,4,6,8-10H2,1-2H3. The molecule has 18 heavy (non-hydrogen) atoms. The molecular weight excluding hydrogens is 244 g/mol. The molecule has 1 aromatic rings. The van der Waals surface area contributed by atoms with Gasteiger partial charge >= 0.3 is 0 Å². The minimum Gasteiger partial charge on any atom is -0.385 e. The predicted molar refractivity (Wildman–Crippen MR) is 78.6 cm³/mol. The lowest BCUT2D eigenvalue weighted by molar-refractivity contribution is 0.0802. The van der Waals surface area contributed by atoms with E-state index in [1.807, 2.05) is 24.1 Å². The number of amides is 1. The minimum atomic E-state index is 0.143. The normalized spacial score (nSPS) is 13.7. The van der Waals surface area contributed by atoms with Gasteiger partial charge in [0.25, 0.3) is 5.91 Å². The highest BCUT2D eigenvalue weighted by Gasteiger charge is 2.19. The summed E-state index contributed by atoms with van der Waals surface area (Å²) in [6, 6.07) is 5.98. The average Bonchev–Trinajstić information content (AvgIpc) is 2.43. The lowest BCUT2D eigenvalue weighted by Crippen LogP contribution is -2.30. The number of anilines is 1. The summed E-state index contributed by atoms with van der Waals surface area (Å²) in [5, 5.41) is 3.37. The fraction of sp³-hybridized carbons (Fsp3) is 0.500. The van der Waals surface area contributed by atoms with E-state index in [1.54, 1.807) is 11.8 Å². The van der Waals surface area contributed by atoms with Crippen LogP contribution >= 0.6 is 11.8 Å². The van der Waals surface area contributed by atoms with E-state index < -0.39 is 0 Å². The molecule has 1 N–H and O–H groups in total. The predicted octanol–water partition coefficient (Wildman–Crippen LogP) is 2.48. The van der Waals surface area contributed by atoms with Crippen LogP contribution in [0.1, 0.15) is 22.3 Å². The molecule has 0 atom stereocenters. The smallest absolute Gasteiger partial charge is 0.253 e. The number of nitrogens with one attached hydrogen (secondary N) is 1. The molecule has 1 amide bonds. The van der Waals surface area contributed by atoms with Crippen molar-refractivity contribution in [3.8, 4) is 0 Å². The molecule has 0 saturated heterocycles. The van der Waals surface area contributed by atoms with Crippen molar-refractivity contribution in [2.75, 3.05) is 37.5 Å². The number of rotatable bonds is 4. The zero-order valence-electron chi connectivity index (χ0n) is 11.0. The number of hydrogen-bond donors (Lipinski definition) is 1. The van der Waals surface area contributed by atoms with Crippen LogP contribution in [0.25, 0.3) is 0 Å². The number of nitrogens with zero attached hydrogens (tertiary/aromatic N) is 1. The molecule has 0 spiro atoms. The van der Waals surface area contributed by atoms with Crippen molar-refractivity contribution in [2.45, 2.75) is 12.8 Å². The topological polar surface area (TPSA) is 32.3 Å². The van der Waals surface area contributed by atoms with Crippen molar-refractivity contribution < 1.29 is 4.79 Å². The molecule has 0 fully saturated rings. The number of benzene rings is 1. The van der Waals surface area contributed by atoms with Crippen LogP contribution in [0.15, 0.2) is 18.2 Å². The van der Waals surface area contributed by atoms with Crippen LogP contribution < -0.4 is 5.32 Å². The van der Waals surface area contributed by atoms with Gasteiger partial charge in [0.2, 0.25) is 0 Å². The van der Waals surface area contributed by atoms with Gasteiger partial charge in [0.15, 0.2) is 0 Å². The number of carbonyl (C=O) groups is 1. The van der Waals surface area contributed by atoms with Gasteiger partial charge in [-0.15, -0.1) is 0 Å². The summed E-state index contributed by atoms with van der Waals surface area (Å²) in [6.45, 7) is 1.81. The lowest BCUT2D eigenvalue weighted by atomic mass is 9.97. The van der Waals surface area contributed by atoms with Gasteiger partial charge in [0.05, 0.1) is 0 Å². The van der Waals surface area contributed by atoms with Crippen LogP contribution in [-0.4, -0.2) is 43.0 Å². The minimum absolute atomic E-state index is 0.143. The summed E-state index contributed by atoms with van der Waals surface area (Å²) in [6.07, 6.45) is 4.17. The molecule has 0 aliphatic carbocycles. The first-order valence-electron chi connectivity index (χ1n) is 6.34. The molecule has 1 aliphatic heterocycles. The van der Waals surface area contributed by atoms with Crippen molar-refractivity contribution in [3.05, 3.63) is 29.3 Å². The average molecular weight is 264 g/mol. The molecule has 1 aromatic carbocycles. The SMILES string of the molecule is CSCCN(C)C(=O)c1cccc2c1CCCN2. The Morgan fingerprint density at radius 2 is 2.33 bits per heavy atom. The highest BCUT2D eigenvalue weighted by atomic mass is 32.2. The van der Waals surface area contributed by atoms with Gasteiger partial charge in [-0.25, -0.2) is 0 Å². The summed E-state index contributed by atoms with van der Waals surface area (Å²) in [5.41, 5.74) is 3.18. The Balaban J connectivity index is 2.19. The first-order valence-corrected chi connectivity index (χ1v) is 7.73. The first kappa shape index (κ1) is 13.3. The summed E-state index contributed by atoms with van der Waals surface area (Å²) in [4.78, 5) is 14.2. The first-order chi connectivity index (χ1) is 8.74. The monoisotopic (exact) mass is 264 g/mol. The highest BCUT2D eigenvalue weighted by molar-refractivity contribution is 7.98. The van der Waals surface area contributed by atoms with Gasteiger partial charge in [-0.05, 0) is 36.8 Å². The summed E-state index contributed by atoms with van der Waals surface area (Å²) in [5.74, 6) is 1.12. The quantitative estimate of drug-likeness (QED) is 0.907. The fourth-order valence-electron chi connectivity index (χ4n) is 2.25. The maximum Gasteiger partial charge on any atom is 0.253 e. The second kappa shape index (κ2) is 6.14. The van der Waals surface area contributed by atoms with Crippen LogP contribution in [0.5, 0.6) is 0 Å². The third kappa shape index (κ3) is 2.80. The summed E-state index contributed by atoms with van der Waals surface area (Å²) < 4.78 is 0. The molecular formula is C14H20N2OS. The molecule has 0 bridgehead atoms. The largest absolute Gasteiger partial charge is 0.385 e. The van der Waals surface area contributed by atoms with E-state index >= 15 is 0 Å². The van der Waals surface area contributed by atoms with Crippen molar-refractivity contribution >= 4 is 23.4 Å². The van der Waals surface area contributed by atoms with Crippen LogP contribution in [-0.2, 0) is 6.42 Å². The Morgan fingerprint density at radius 3 is 3.11 bits per heavy atom. The molecule has 98 valence electrons. The molecule has 0 radical (unpaired) electrons. The van der Waals surface area contributed by atoms with E-state index in [-0.39, 0.29) is 5.91 Å². The second-order valence-electron chi connectivity index (χ2n) is 4.58. The third-order valence-corrected chi connectivity index (χ3v) is 3.89. The molecule has 0 unspecified atom stereocenters. The second-order valence-corrected chi connectivity index (χ2v) is 5.57. The van der Waals surface area contributed by atoms with Gasteiger partial charge in [-0.1, -0.05) is 6.07 Å². The molecule has 0 aromatic heterocycles. The fourth-order valence-corrected chi connectivity index (χ4v) is 2.70. The molecule has 1 aliphatic rings. The maximum absolute atomic E-state index is 12.4. The van der Waals surface area contributed by atoms with E-state index in [4.69, 9.17) is 0 Å². The van der Waals surface area contributed by atoms with Crippen molar-refractivity contribution in [1.29, 1.82) is 0 Å². The Kier molecular flexibility index (Phi) is 4.53. The van der Waals surface area contributed by atoms with Crippen LogP contribution in [0.4, 0.5) is 5.69 Å². The van der Waals surface area contributed by atoms with Gasteiger partial charge in [-0.2, -0.15) is 11.8 Å². The van der Waals surface area contributed by atoms with Gasteiger partial charge in [0.1, 0.15) is 0 Å². The van der Waals surface area contributed by atoms with E-state index in [9.17, 15) is 4.79 Å². The maximum atomic E-state index is 12.4. The van der Waals surface area contributed by atoms with E-state index in [0.29, 0.717) is 0 Å². The highest BCUT2D eigenvalue weighted by Crippen LogP contribution is 2.26. The molecule has 3 nitrogen and oxygen atoms in total. The molecule has 4 heteroatoms. The van der Waals surface area contributed by atoms with Crippen LogP contribution in [0.3, 0.4) is 0 Å². The van der Waals surface area contributed by atoms with E-state index in [1.165, 1.54) is 5.56 Å². The van der Waals surface area contributed by atoms with Gasteiger partial charge in [-0.3, -0.25) is 4.79 Å². The van der Waals surface area contributed by atoms with E-state index in [2.05, 4.69) is 17.6 Å². The number of hydrogen-bond acceptors (Lipinski definition) is 3. The van der Waals surface area contributed by atoms with Crippen molar-refractivity contribution in [2.24, 2.45) is 0 Å². The summed E-state index contributed by atoms with van der Waals surface area (Å²) >= 11 is 1.77. The Hall–Kier alpha value is -1.16. The van der Waals surface area contributed by atoms with Gasteiger partial charge < -0.3 is 10.2 Å². The zero-order chi connectivity index (χ0) is 13.0. The lowest BCUT2D eigenvalue weighted by Gasteiger charge is -2.23. The molecule has 0 saturated carbocycles. The Labute approximate surface area is 113 Å².